The van der Waals surface area contributed by atoms with Gasteiger partial charge in [0, 0.05) is 31.1 Å². The molecule has 1 aromatic rings. The van der Waals surface area contributed by atoms with Crippen molar-refractivity contribution in [1.29, 1.82) is 0 Å². The predicted octanol–water partition coefficient (Wildman–Crippen LogP) is 3.98. The van der Waals surface area contributed by atoms with Crippen LogP contribution in [0.4, 0.5) is 11.6 Å². The summed E-state index contributed by atoms with van der Waals surface area (Å²) in [5.41, 5.74) is -0.0233. The van der Waals surface area contributed by atoms with Gasteiger partial charge in [0.1, 0.15) is 17.5 Å². The second-order valence-corrected chi connectivity index (χ2v) is 7.01. The normalized spacial score (nSPS) is 16.7. The Bertz CT molecular complexity index is 443. The SMILES string of the molecule is CCCNc1cc(N2CCCCCC2)nc(C(C)(C)C)n1. The average molecular weight is 290 g/mol. The van der Waals surface area contributed by atoms with Crippen molar-refractivity contribution in [2.24, 2.45) is 0 Å². The van der Waals surface area contributed by atoms with E-state index in [9.17, 15) is 0 Å². The summed E-state index contributed by atoms with van der Waals surface area (Å²) in [4.78, 5) is 12.0. The van der Waals surface area contributed by atoms with E-state index in [2.05, 4.69) is 44.0 Å². The molecule has 0 bridgehead atoms. The van der Waals surface area contributed by atoms with Crippen LogP contribution in [0, 0.1) is 0 Å². The van der Waals surface area contributed by atoms with Crippen LogP contribution in [0.5, 0.6) is 0 Å². The van der Waals surface area contributed by atoms with Gasteiger partial charge in [0.25, 0.3) is 0 Å². The van der Waals surface area contributed by atoms with Crippen LogP contribution in [-0.4, -0.2) is 29.6 Å². The molecular formula is C17H30N4. The number of nitrogens with one attached hydrogen (secondary N) is 1. The van der Waals surface area contributed by atoms with Gasteiger partial charge in [0.15, 0.2) is 0 Å². The van der Waals surface area contributed by atoms with Crippen molar-refractivity contribution in [3.05, 3.63) is 11.9 Å². The summed E-state index contributed by atoms with van der Waals surface area (Å²) < 4.78 is 0. The number of hydrogen-bond acceptors (Lipinski definition) is 4. The molecule has 1 saturated heterocycles. The Kier molecular flexibility index (Phi) is 5.43. The van der Waals surface area contributed by atoms with Gasteiger partial charge in [-0.15, -0.1) is 0 Å². The van der Waals surface area contributed by atoms with Crippen LogP contribution in [0.25, 0.3) is 0 Å². The van der Waals surface area contributed by atoms with Gasteiger partial charge in [-0.2, -0.15) is 0 Å². The second kappa shape index (κ2) is 7.10. The molecule has 4 nitrogen and oxygen atoms in total. The third-order valence-electron chi connectivity index (χ3n) is 3.87. The van der Waals surface area contributed by atoms with Gasteiger partial charge < -0.3 is 10.2 Å². The molecule has 1 aromatic heterocycles. The van der Waals surface area contributed by atoms with Crippen molar-refractivity contribution in [2.75, 3.05) is 29.9 Å². The van der Waals surface area contributed by atoms with E-state index in [4.69, 9.17) is 9.97 Å². The van der Waals surface area contributed by atoms with Crippen LogP contribution in [0.15, 0.2) is 6.07 Å². The first-order valence-electron chi connectivity index (χ1n) is 8.39. The molecule has 0 amide bonds. The molecule has 2 rings (SSSR count). The minimum absolute atomic E-state index is 0.0233. The Morgan fingerprint density at radius 2 is 1.76 bits per heavy atom. The van der Waals surface area contributed by atoms with Crippen LogP contribution in [-0.2, 0) is 5.41 Å². The molecule has 1 aliphatic rings. The maximum absolute atomic E-state index is 4.85. The largest absolute Gasteiger partial charge is 0.370 e. The minimum atomic E-state index is -0.0233. The number of hydrogen-bond donors (Lipinski definition) is 1. The number of anilines is 2. The lowest BCUT2D eigenvalue weighted by Gasteiger charge is -2.25. The summed E-state index contributed by atoms with van der Waals surface area (Å²) in [7, 11) is 0. The zero-order valence-corrected chi connectivity index (χ0v) is 14.1. The molecule has 4 heteroatoms. The summed E-state index contributed by atoms with van der Waals surface area (Å²) in [6.07, 6.45) is 6.33. The van der Waals surface area contributed by atoms with Gasteiger partial charge in [-0.05, 0) is 19.3 Å². The fourth-order valence-corrected chi connectivity index (χ4v) is 2.58. The average Bonchev–Trinajstić information content (AvgIpc) is 2.73. The van der Waals surface area contributed by atoms with E-state index in [1.807, 2.05) is 0 Å². The molecule has 0 spiro atoms. The molecule has 1 fully saturated rings. The predicted molar refractivity (Wildman–Crippen MR) is 90.2 cm³/mol. The molecule has 0 radical (unpaired) electrons. The van der Waals surface area contributed by atoms with Crippen LogP contribution in [0.1, 0.15) is 65.6 Å². The fourth-order valence-electron chi connectivity index (χ4n) is 2.58. The monoisotopic (exact) mass is 290 g/mol. The lowest BCUT2D eigenvalue weighted by atomic mass is 9.96. The lowest BCUT2D eigenvalue weighted by Crippen LogP contribution is -2.27. The molecule has 0 aromatic carbocycles. The summed E-state index contributed by atoms with van der Waals surface area (Å²) in [5, 5.41) is 3.42. The van der Waals surface area contributed by atoms with Crippen LogP contribution < -0.4 is 10.2 Å². The van der Waals surface area contributed by atoms with E-state index < -0.39 is 0 Å². The molecule has 0 aliphatic carbocycles. The number of aromatic nitrogens is 2. The maximum atomic E-state index is 4.85. The van der Waals surface area contributed by atoms with Gasteiger partial charge in [-0.1, -0.05) is 40.5 Å². The molecule has 2 heterocycles. The molecule has 1 N–H and O–H groups in total. The van der Waals surface area contributed by atoms with E-state index in [1.165, 1.54) is 25.7 Å². The van der Waals surface area contributed by atoms with Gasteiger partial charge in [-0.25, -0.2) is 9.97 Å². The fraction of sp³-hybridized carbons (Fsp3) is 0.765. The van der Waals surface area contributed by atoms with Crippen LogP contribution >= 0.6 is 0 Å². The molecule has 21 heavy (non-hydrogen) atoms. The summed E-state index contributed by atoms with van der Waals surface area (Å²) in [6, 6.07) is 2.12. The van der Waals surface area contributed by atoms with Crippen molar-refractivity contribution in [3.8, 4) is 0 Å². The molecule has 0 atom stereocenters. The van der Waals surface area contributed by atoms with E-state index in [1.54, 1.807) is 0 Å². The first-order chi connectivity index (χ1) is 10.0. The molecule has 0 unspecified atom stereocenters. The Morgan fingerprint density at radius 1 is 1.10 bits per heavy atom. The summed E-state index contributed by atoms with van der Waals surface area (Å²) in [6.45, 7) is 11.9. The molecule has 1 aliphatic heterocycles. The zero-order valence-electron chi connectivity index (χ0n) is 14.1. The Labute approximate surface area is 129 Å². The summed E-state index contributed by atoms with van der Waals surface area (Å²) in [5.74, 6) is 2.99. The smallest absolute Gasteiger partial charge is 0.138 e. The highest BCUT2D eigenvalue weighted by atomic mass is 15.2. The molecule has 0 saturated carbocycles. The van der Waals surface area contributed by atoms with Crippen molar-refractivity contribution in [1.82, 2.24) is 9.97 Å². The van der Waals surface area contributed by atoms with E-state index in [0.717, 1.165) is 43.5 Å². The van der Waals surface area contributed by atoms with Gasteiger partial charge >= 0.3 is 0 Å². The first kappa shape index (κ1) is 16.1. The quantitative estimate of drug-likeness (QED) is 0.910. The van der Waals surface area contributed by atoms with Gasteiger partial charge in [0.05, 0.1) is 0 Å². The lowest BCUT2D eigenvalue weighted by molar-refractivity contribution is 0.544. The third kappa shape index (κ3) is 4.58. The van der Waals surface area contributed by atoms with Gasteiger partial charge in [-0.3, -0.25) is 0 Å². The highest BCUT2D eigenvalue weighted by molar-refractivity contribution is 5.50. The van der Waals surface area contributed by atoms with E-state index in [-0.39, 0.29) is 5.41 Å². The van der Waals surface area contributed by atoms with Gasteiger partial charge in [0.2, 0.25) is 0 Å². The topological polar surface area (TPSA) is 41.0 Å². The first-order valence-corrected chi connectivity index (χ1v) is 8.39. The van der Waals surface area contributed by atoms with Crippen LogP contribution in [0.3, 0.4) is 0 Å². The van der Waals surface area contributed by atoms with Crippen LogP contribution in [0.2, 0.25) is 0 Å². The highest BCUT2D eigenvalue weighted by Crippen LogP contribution is 2.25. The third-order valence-corrected chi connectivity index (χ3v) is 3.87. The zero-order chi connectivity index (χ0) is 15.3. The standard InChI is InChI=1S/C17H30N4/c1-5-10-18-14-13-15(20-16(19-14)17(2,3)4)21-11-8-6-7-9-12-21/h13H,5-12H2,1-4H3,(H,18,19,20). The molecular weight excluding hydrogens is 260 g/mol. The number of nitrogens with zero attached hydrogens (tertiary/aromatic N) is 3. The second-order valence-electron chi connectivity index (χ2n) is 7.01. The Morgan fingerprint density at radius 3 is 2.33 bits per heavy atom. The number of rotatable bonds is 4. The van der Waals surface area contributed by atoms with Crippen molar-refractivity contribution >= 4 is 11.6 Å². The van der Waals surface area contributed by atoms with E-state index in [0.29, 0.717) is 0 Å². The van der Waals surface area contributed by atoms with Crippen molar-refractivity contribution in [2.45, 2.75) is 65.2 Å². The van der Waals surface area contributed by atoms with Crippen molar-refractivity contribution < 1.29 is 0 Å². The minimum Gasteiger partial charge on any atom is -0.370 e. The van der Waals surface area contributed by atoms with E-state index >= 15 is 0 Å². The van der Waals surface area contributed by atoms with Crippen molar-refractivity contribution in [3.63, 3.8) is 0 Å². The Balaban J connectivity index is 2.29. The maximum Gasteiger partial charge on any atom is 0.138 e. The Hall–Kier alpha value is -1.32. The summed E-state index contributed by atoms with van der Waals surface area (Å²) >= 11 is 0. The molecule has 118 valence electrons. The highest BCUT2D eigenvalue weighted by Gasteiger charge is 2.21.